The van der Waals surface area contributed by atoms with Crippen LogP contribution < -0.4 is 0 Å². The standard InChI is InChI=1S/C11H10Cl2O2/c1-2-15-11(14)10(13)7-8-3-5-9(12)6-4-8/h3-7H,2H2,1H3/b10-7+. The second-order valence-electron chi connectivity index (χ2n) is 2.76. The van der Waals surface area contributed by atoms with E-state index in [1.54, 1.807) is 31.2 Å². The molecule has 0 heterocycles. The van der Waals surface area contributed by atoms with Crippen LogP contribution in [0.2, 0.25) is 5.02 Å². The first-order valence-electron chi connectivity index (χ1n) is 4.43. The summed E-state index contributed by atoms with van der Waals surface area (Å²) in [6.45, 7) is 2.04. The van der Waals surface area contributed by atoms with Gasteiger partial charge in [-0.25, -0.2) is 4.79 Å². The SMILES string of the molecule is CCOC(=O)/C(Cl)=C\c1ccc(Cl)cc1. The van der Waals surface area contributed by atoms with Gasteiger partial charge in [-0.2, -0.15) is 0 Å². The zero-order chi connectivity index (χ0) is 11.3. The summed E-state index contributed by atoms with van der Waals surface area (Å²) in [7, 11) is 0. The minimum atomic E-state index is -0.519. The molecule has 0 spiro atoms. The van der Waals surface area contributed by atoms with Gasteiger partial charge in [0.05, 0.1) is 6.61 Å². The first-order valence-corrected chi connectivity index (χ1v) is 5.19. The van der Waals surface area contributed by atoms with Crippen molar-refractivity contribution in [1.29, 1.82) is 0 Å². The lowest BCUT2D eigenvalue weighted by Crippen LogP contribution is -2.03. The van der Waals surface area contributed by atoms with Crippen LogP contribution in [0, 0.1) is 0 Å². The Hall–Kier alpha value is -0.990. The van der Waals surface area contributed by atoms with Gasteiger partial charge in [-0.1, -0.05) is 35.3 Å². The molecule has 0 fully saturated rings. The lowest BCUT2D eigenvalue weighted by molar-refractivity contribution is -0.137. The Morgan fingerprint density at radius 3 is 2.53 bits per heavy atom. The van der Waals surface area contributed by atoms with E-state index in [0.717, 1.165) is 5.56 Å². The fourth-order valence-electron chi connectivity index (χ4n) is 0.964. The molecule has 0 atom stereocenters. The third-order valence-corrected chi connectivity index (χ3v) is 2.15. The lowest BCUT2D eigenvalue weighted by atomic mass is 10.2. The Kier molecular flexibility index (Phi) is 4.66. The first kappa shape index (κ1) is 12.1. The summed E-state index contributed by atoms with van der Waals surface area (Å²) in [5, 5.41) is 0.693. The summed E-state index contributed by atoms with van der Waals surface area (Å²) in [5.74, 6) is -0.519. The Bertz CT molecular complexity index is 369. The molecule has 0 unspecified atom stereocenters. The van der Waals surface area contributed by atoms with E-state index in [-0.39, 0.29) is 5.03 Å². The molecule has 1 aromatic rings. The molecule has 80 valence electrons. The van der Waals surface area contributed by atoms with Crippen molar-refractivity contribution in [3.63, 3.8) is 0 Å². The number of hydrogen-bond donors (Lipinski definition) is 0. The van der Waals surface area contributed by atoms with Gasteiger partial charge < -0.3 is 4.74 Å². The first-order chi connectivity index (χ1) is 7.13. The van der Waals surface area contributed by atoms with Crippen LogP contribution in [0.1, 0.15) is 12.5 Å². The third kappa shape index (κ3) is 3.94. The minimum absolute atomic E-state index is 0.0548. The van der Waals surface area contributed by atoms with E-state index in [4.69, 9.17) is 27.9 Å². The van der Waals surface area contributed by atoms with Crippen LogP contribution in [0.15, 0.2) is 29.3 Å². The van der Waals surface area contributed by atoms with Gasteiger partial charge in [0.1, 0.15) is 5.03 Å². The van der Waals surface area contributed by atoms with E-state index in [0.29, 0.717) is 11.6 Å². The van der Waals surface area contributed by atoms with Gasteiger partial charge in [-0.15, -0.1) is 0 Å². The molecular weight excluding hydrogens is 235 g/mol. The average Bonchev–Trinajstić information content (AvgIpc) is 2.22. The molecule has 0 amide bonds. The van der Waals surface area contributed by atoms with Gasteiger partial charge in [0, 0.05) is 5.02 Å². The predicted molar refractivity (Wildman–Crippen MR) is 61.9 cm³/mol. The van der Waals surface area contributed by atoms with E-state index < -0.39 is 5.97 Å². The number of hydrogen-bond acceptors (Lipinski definition) is 2. The van der Waals surface area contributed by atoms with Gasteiger partial charge in [0.2, 0.25) is 0 Å². The third-order valence-electron chi connectivity index (χ3n) is 1.63. The van der Waals surface area contributed by atoms with Crippen molar-refractivity contribution in [3.05, 3.63) is 39.9 Å². The van der Waals surface area contributed by atoms with E-state index >= 15 is 0 Å². The highest BCUT2D eigenvalue weighted by Crippen LogP contribution is 2.15. The highest BCUT2D eigenvalue weighted by molar-refractivity contribution is 6.43. The monoisotopic (exact) mass is 244 g/mol. The molecule has 0 saturated heterocycles. The molecule has 15 heavy (non-hydrogen) atoms. The molecule has 0 N–H and O–H groups in total. The molecule has 0 aliphatic carbocycles. The number of rotatable bonds is 3. The molecule has 0 bridgehead atoms. The van der Waals surface area contributed by atoms with Crippen LogP contribution in [-0.2, 0) is 9.53 Å². The number of ether oxygens (including phenoxy) is 1. The topological polar surface area (TPSA) is 26.3 Å². The highest BCUT2D eigenvalue weighted by Gasteiger charge is 2.06. The van der Waals surface area contributed by atoms with Crippen molar-refractivity contribution < 1.29 is 9.53 Å². The van der Waals surface area contributed by atoms with Gasteiger partial charge in [-0.05, 0) is 30.7 Å². The number of halogens is 2. The van der Waals surface area contributed by atoms with Crippen molar-refractivity contribution in [2.24, 2.45) is 0 Å². The van der Waals surface area contributed by atoms with Crippen LogP contribution in [0.3, 0.4) is 0 Å². The molecule has 1 aromatic carbocycles. The summed E-state index contributed by atoms with van der Waals surface area (Å²) in [5.41, 5.74) is 0.803. The van der Waals surface area contributed by atoms with Crippen LogP contribution in [0.4, 0.5) is 0 Å². The molecule has 0 saturated carbocycles. The second kappa shape index (κ2) is 5.79. The Morgan fingerprint density at radius 2 is 2.00 bits per heavy atom. The number of carbonyl (C=O) groups is 1. The fraction of sp³-hybridized carbons (Fsp3) is 0.182. The highest BCUT2D eigenvalue weighted by atomic mass is 35.5. The van der Waals surface area contributed by atoms with Crippen molar-refractivity contribution in [2.45, 2.75) is 6.92 Å². The van der Waals surface area contributed by atoms with E-state index in [9.17, 15) is 4.79 Å². The number of carbonyl (C=O) groups excluding carboxylic acids is 1. The normalized spacial score (nSPS) is 11.3. The molecule has 1 rings (SSSR count). The van der Waals surface area contributed by atoms with Crippen molar-refractivity contribution in [3.8, 4) is 0 Å². The molecule has 0 aromatic heterocycles. The quantitative estimate of drug-likeness (QED) is 0.601. The van der Waals surface area contributed by atoms with Crippen molar-refractivity contribution in [2.75, 3.05) is 6.61 Å². The molecule has 0 radical (unpaired) electrons. The molecule has 0 aliphatic rings. The maximum atomic E-state index is 11.2. The van der Waals surface area contributed by atoms with Crippen LogP contribution >= 0.6 is 23.2 Å². The summed E-state index contributed by atoms with van der Waals surface area (Å²) in [6, 6.07) is 6.99. The minimum Gasteiger partial charge on any atom is -0.462 e. The zero-order valence-corrected chi connectivity index (χ0v) is 9.68. The predicted octanol–water partition coefficient (Wildman–Crippen LogP) is 3.48. The average molecular weight is 245 g/mol. The molecule has 0 aliphatic heterocycles. The maximum Gasteiger partial charge on any atom is 0.349 e. The largest absolute Gasteiger partial charge is 0.462 e. The van der Waals surface area contributed by atoms with Gasteiger partial charge in [0.15, 0.2) is 0 Å². The van der Waals surface area contributed by atoms with E-state index in [2.05, 4.69) is 0 Å². The summed E-state index contributed by atoms with van der Waals surface area (Å²) in [4.78, 5) is 11.2. The Labute approximate surface area is 98.4 Å². The van der Waals surface area contributed by atoms with Crippen LogP contribution in [-0.4, -0.2) is 12.6 Å². The van der Waals surface area contributed by atoms with Crippen molar-refractivity contribution in [1.82, 2.24) is 0 Å². The lowest BCUT2D eigenvalue weighted by Gasteiger charge is -1.99. The smallest absolute Gasteiger partial charge is 0.349 e. The van der Waals surface area contributed by atoms with Gasteiger partial charge >= 0.3 is 5.97 Å². The summed E-state index contributed by atoms with van der Waals surface area (Å²) in [6.07, 6.45) is 1.54. The molecule has 4 heteroatoms. The molecule has 2 nitrogen and oxygen atoms in total. The Morgan fingerprint density at radius 1 is 1.40 bits per heavy atom. The molecular formula is C11H10Cl2O2. The summed E-state index contributed by atoms with van der Waals surface area (Å²) >= 11 is 11.5. The Balaban J connectivity index is 2.78. The van der Waals surface area contributed by atoms with Gasteiger partial charge in [0.25, 0.3) is 0 Å². The number of benzene rings is 1. The zero-order valence-electron chi connectivity index (χ0n) is 8.17. The maximum absolute atomic E-state index is 11.2. The van der Waals surface area contributed by atoms with Crippen LogP contribution in [0.5, 0.6) is 0 Å². The number of esters is 1. The second-order valence-corrected chi connectivity index (χ2v) is 3.61. The van der Waals surface area contributed by atoms with Crippen molar-refractivity contribution >= 4 is 35.2 Å². The van der Waals surface area contributed by atoms with E-state index in [1.807, 2.05) is 0 Å². The summed E-state index contributed by atoms with van der Waals surface area (Å²) < 4.78 is 4.73. The van der Waals surface area contributed by atoms with Crippen LogP contribution in [0.25, 0.3) is 6.08 Å². The van der Waals surface area contributed by atoms with E-state index in [1.165, 1.54) is 6.08 Å². The fourth-order valence-corrected chi connectivity index (χ4v) is 1.27. The van der Waals surface area contributed by atoms with Gasteiger partial charge in [-0.3, -0.25) is 0 Å².